The van der Waals surface area contributed by atoms with Gasteiger partial charge in [-0.2, -0.15) is 0 Å². The first-order valence-electron chi connectivity index (χ1n) is 2.72. The summed E-state index contributed by atoms with van der Waals surface area (Å²) in [5.74, 6) is -0.103. The fourth-order valence-corrected chi connectivity index (χ4v) is 1.07. The molecule has 0 bridgehead atoms. The molecule has 0 saturated carbocycles. The van der Waals surface area contributed by atoms with Crippen molar-refractivity contribution in [2.45, 2.75) is 17.2 Å². The summed E-state index contributed by atoms with van der Waals surface area (Å²) in [7, 11) is 0. The highest BCUT2D eigenvalue weighted by Gasteiger charge is 2.31. The molecular formula is C6H6Cl2O. The number of hydrogen-bond acceptors (Lipinski definition) is 1. The topological polar surface area (TPSA) is 17.1 Å². The first-order valence-corrected chi connectivity index (χ1v) is 3.47. The number of carbonyl (C=O) groups is 1. The van der Waals surface area contributed by atoms with Gasteiger partial charge in [0.25, 0.3) is 0 Å². The zero-order valence-electron chi connectivity index (χ0n) is 4.73. The summed E-state index contributed by atoms with van der Waals surface area (Å²) < 4.78 is -1.24. The largest absolute Gasteiger partial charge is 0.296 e. The Balaban J connectivity index is 2.81. The maximum Gasteiger partial charge on any atom is 0.193 e. The third-order valence-corrected chi connectivity index (χ3v) is 1.91. The van der Waals surface area contributed by atoms with Crippen LogP contribution in [0.3, 0.4) is 0 Å². The van der Waals surface area contributed by atoms with Gasteiger partial charge in [0.05, 0.1) is 0 Å². The zero-order chi connectivity index (χ0) is 6.91. The summed E-state index contributed by atoms with van der Waals surface area (Å²) in [6.07, 6.45) is 4.58. The Kier molecular flexibility index (Phi) is 1.83. The minimum Gasteiger partial charge on any atom is -0.296 e. The van der Waals surface area contributed by atoms with Crippen molar-refractivity contribution in [3.05, 3.63) is 12.2 Å². The number of halogens is 2. The Labute approximate surface area is 63.6 Å². The Bertz CT molecular complexity index is 160. The van der Waals surface area contributed by atoms with E-state index in [1.54, 1.807) is 0 Å². The average Bonchev–Trinajstić information content (AvgIpc) is 1.77. The highest BCUT2D eigenvalue weighted by molar-refractivity contribution is 6.59. The van der Waals surface area contributed by atoms with E-state index in [4.69, 9.17) is 23.2 Å². The maximum absolute atomic E-state index is 10.8. The lowest BCUT2D eigenvalue weighted by Gasteiger charge is -2.16. The summed E-state index contributed by atoms with van der Waals surface area (Å²) >= 11 is 11.1. The standard InChI is InChI=1S/C6H6Cl2O/c7-6(8)4-2-1-3-5(6)9/h2,4H,1,3H2. The van der Waals surface area contributed by atoms with E-state index in [9.17, 15) is 4.79 Å². The van der Waals surface area contributed by atoms with E-state index >= 15 is 0 Å². The van der Waals surface area contributed by atoms with E-state index in [2.05, 4.69) is 0 Å². The van der Waals surface area contributed by atoms with Gasteiger partial charge in [-0.15, -0.1) is 0 Å². The predicted molar refractivity (Wildman–Crippen MR) is 37.8 cm³/mol. The minimum atomic E-state index is -1.24. The van der Waals surface area contributed by atoms with Gasteiger partial charge in [-0.05, 0) is 12.5 Å². The van der Waals surface area contributed by atoms with E-state index in [0.29, 0.717) is 6.42 Å². The second-order valence-electron chi connectivity index (χ2n) is 1.99. The maximum atomic E-state index is 10.8. The van der Waals surface area contributed by atoms with E-state index in [0.717, 1.165) is 6.42 Å². The number of Topliss-reactive ketones (excluding diaryl/α,β-unsaturated/α-hetero) is 1. The Morgan fingerprint density at radius 2 is 2.22 bits per heavy atom. The number of hydrogen-bond donors (Lipinski definition) is 0. The van der Waals surface area contributed by atoms with Crippen molar-refractivity contribution in [1.29, 1.82) is 0 Å². The van der Waals surface area contributed by atoms with Crippen LogP contribution in [0.2, 0.25) is 0 Å². The molecule has 0 N–H and O–H groups in total. The number of ketones is 1. The molecule has 0 heterocycles. The highest BCUT2D eigenvalue weighted by atomic mass is 35.5. The van der Waals surface area contributed by atoms with Crippen molar-refractivity contribution in [2.75, 3.05) is 0 Å². The molecule has 0 aromatic rings. The molecule has 0 aliphatic heterocycles. The van der Waals surface area contributed by atoms with Crippen molar-refractivity contribution in [3.63, 3.8) is 0 Å². The number of allylic oxidation sites excluding steroid dienone is 2. The van der Waals surface area contributed by atoms with Gasteiger partial charge >= 0.3 is 0 Å². The van der Waals surface area contributed by atoms with Crippen LogP contribution in [0.25, 0.3) is 0 Å². The average molecular weight is 165 g/mol. The number of carbonyl (C=O) groups excluding carboxylic acids is 1. The van der Waals surface area contributed by atoms with E-state index < -0.39 is 4.33 Å². The summed E-state index contributed by atoms with van der Waals surface area (Å²) in [6.45, 7) is 0. The molecule has 0 amide bonds. The van der Waals surface area contributed by atoms with Gasteiger partial charge in [-0.1, -0.05) is 29.3 Å². The third-order valence-electron chi connectivity index (χ3n) is 1.24. The van der Waals surface area contributed by atoms with Crippen molar-refractivity contribution in [2.24, 2.45) is 0 Å². The zero-order valence-corrected chi connectivity index (χ0v) is 6.24. The molecular weight excluding hydrogens is 159 g/mol. The van der Waals surface area contributed by atoms with Crippen LogP contribution in [0.5, 0.6) is 0 Å². The molecule has 0 saturated heterocycles. The molecule has 3 heteroatoms. The molecule has 50 valence electrons. The Morgan fingerprint density at radius 3 is 2.56 bits per heavy atom. The molecule has 0 aromatic heterocycles. The molecule has 1 aliphatic carbocycles. The van der Waals surface area contributed by atoms with Crippen LogP contribution in [0.4, 0.5) is 0 Å². The minimum absolute atomic E-state index is 0.103. The van der Waals surface area contributed by atoms with Crippen molar-refractivity contribution >= 4 is 29.0 Å². The summed E-state index contributed by atoms with van der Waals surface area (Å²) in [5, 5.41) is 0. The fourth-order valence-electron chi connectivity index (χ4n) is 0.705. The Morgan fingerprint density at radius 1 is 1.56 bits per heavy atom. The highest BCUT2D eigenvalue weighted by Crippen LogP contribution is 2.29. The molecule has 1 rings (SSSR count). The van der Waals surface area contributed by atoms with Crippen LogP contribution in [-0.2, 0) is 4.79 Å². The number of rotatable bonds is 0. The van der Waals surface area contributed by atoms with Crippen molar-refractivity contribution in [3.8, 4) is 0 Å². The van der Waals surface area contributed by atoms with Gasteiger partial charge in [0.15, 0.2) is 10.1 Å². The molecule has 1 nitrogen and oxygen atoms in total. The molecule has 9 heavy (non-hydrogen) atoms. The summed E-state index contributed by atoms with van der Waals surface area (Å²) in [5.41, 5.74) is 0. The van der Waals surface area contributed by atoms with E-state index in [1.807, 2.05) is 6.08 Å². The normalized spacial score (nSPS) is 24.4. The SMILES string of the molecule is O=C1CCC=CC1(Cl)Cl. The van der Waals surface area contributed by atoms with Crippen LogP contribution in [0.1, 0.15) is 12.8 Å². The van der Waals surface area contributed by atoms with Crippen molar-refractivity contribution < 1.29 is 4.79 Å². The lowest BCUT2D eigenvalue weighted by atomic mass is 10.1. The Hall–Kier alpha value is -0.0100. The van der Waals surface area contributed by atoms with Gasteiger partial charge < -0.3 is 0 Å². The molecule has 0 radical (unpaired) electrons. The van der Waals surface area contributed by atoms with Gasteiger partial charge in [0.2, 0.25) is 0 Å². The summed E-state index contributed by atoms with van der Waals surface area (Å²) in [6, 6.07) is 0. The number of alkyl halides is 2. The van der Waals surface area contributed by atoms with Crippen LogP contribution < -0.4 is 0 Å². The molecule has 0 atom stereocenters. The smallest absolute Gasteiger partial charge is 0.193 e. The molecule has 0 aromatic carbocycles. The monoisotopic (exact) mass is 164 g/mol. The van der Waals surface area contributed by atoms with Gasteiger partial charge in [0.1, 0.15) is 0 Å². The van der Waals surface area contributed by atoms with Gasteiger partial charge in [0, 0.05) is 6.42 Å². The van der Waals surface area contributed by atoms with Crippen LogP contribution >= 0.6 is 23.2 Å². The van der Waals surface area contributed by atoms with Gasteiger partial charge in [-0.25, -0.2) is 0 Å². The quantitative estimate of drug-likeness (QED) is 0.396. The van der Waals surface area contributed by atoms with Crippen LogP contribution in [0.15, 0.2) is 12.2 Å². The van der Waals surface area contributed by atoms with Gasteiger partial charge in [-0.3, -0.25) is 4.79 Å². The van der Waals surface area contributed by atoms with Crippen LogP contribution in [-0.4, -0.2) is 10.1 Å². The third kappa shape index (κ3) is 1.46. The fraction of sp³-hybridized carbons (Fsp3) is 0.500. The first kappa shape index (κ1) is 7.10. The molecule has 0 unspecified atom stereocenters. The van der Waals surface area contributed by atoms with Crippen molar-refractivity contribution in [1.82, 2.24) is 0 Å². The summed E-state index contributed by atoms with van der Waals surface area (Å²) in [4.78, 5) is 10.8. The molecule has 1 aliphatic rings. The molecule has 0 fully saturated rings. The molecule has 0 spiro atoms. The van der Waals surface area contributed by atoms with E-state index in [-0.39, 0.29) is 5.78 Å². The second kappa shape index (κ2) is 2.31. The lowest BCUT2D eigenvalue weighted by molar-refractivity contribution is -0.119. The lowest BCUT2D eigenvalue weighted by Crippen LogP contribution is -2.25. The van der Waals surface area contributed by atoms with Crippen LogP contribution in [0, 0.1) is 0 Å². The first-order chi connectivity index (χ1) is 4.13. The second-order valence-corrected chi connectivity index (χ2v) is 3.37. The predicted octanol–water partition coefficient (Wildman–Crippen LogP) is 2.08. The van der Waals surface area contributed by atoms with E-state index in [1.165, 1.54) is 6.08 Å².